The smallest absolute Gasteiger partial charge is 0.220 e. The fraction of sp³-hybridized carbons (Fsp3) is 0.632. The molecule has 2 rings (SSSR count). The van der Waals surface area contributed by atoms with Crippen molar-refractivity contribution < 1.29 is 14.3 Å². The molecule has 0 radical (unpaired) electrons. The Hall–Kier alpha value is -1.46. The highest BCUT2D eigenvalue weighted by molar-refractivity contribution is 5.85. The van der Waals surface area contributed by atoms with Gasteiger partial charge in [0.25, 0.3) is 0 Å². The molecule has 1 aliphatic carbocycles. The molecule has 1 aromatic carbocycles. The van der Waals surface area contributed by atoms with E-state index >= 15 is 0 Å². The van der Waals surface area contributed by atoms with Gasteiger partial charge in [-0.25, -0.2) is 0 Å². The molecule has 1 aromatic rings. The highest BCUT2D eigenvalue weighted by Gasteiger charge is 2.32. The predicted octanol–water partition coefficient (Wildman–Crippen LogP) is 3.30. The van der Waals surface area contributed by atoms with Gasteiger partial charge in [0.15, 0.2) is 0 Å². The van der Waals surface area contributed by atoms with Crippen LogP contribution in [0.15, 0.2) is 24.3 Å². The molecule has 1 amide bonds. The van der Waals surface area contributed by atoms with Gasteiger partial charge in [0.1, 0.15) is 11.5 Å². The van der Waals surface area contributed by atoms with Gasteiger partial charge in [-0.1, -0.05) is 25.3 Å². The van der Waals surface area contributed by atoms with Gasteiger partial charge >= 0.3 is 0 Å². The summed E-state index contributed by atoms with van der Waals surface area (Å²) in [5, 5.41) is 3.00. The molecular weight excluding hydrogens is 340 g/mol. The molecule has 0 bridgehead atoms. The van der Waals surface area contributed by atoms with E-state index in [9.17, 15) is 4.79 Å². The van der Waals surface area contributed by atoms with Crippen molar-refractivity contribution in [3.63, 3.8) is 0 Å². The molecule has 0 saturated heterocycles. The molecule has 6 heteroatoms. The fourth-order valence-corrected chi connectivity index (χ4v) is 3.34. The lowest BCUT2D eigenvalue weighted by molar-refractivity contribution is -0.123. The zero-order valence-electron chi connectivity index (χ0n) is 15.1. The second-order valence-corrected chi connectivity index (χ2v) is 6.67. The van der Waals surface area contributed by atoms with E-state index in [0.29, 0.717) is 26.1 Å². The van der Waals surface area contributed by atoms with Gasteiger partial charge in [0.05, 0.1) is 13.7 Å². The van der Waals surface area contributed by atoms with Crippen molar-refractivity contribution >= 4 is 18.3 Å². The highest BCUT2D eigenvalue weighted by atomic mass is 35.5. The molecule has 3 N–H and O–H groups in total. The van der Waals surface area contributed by atoms with E-state index in [0.717, 1.165) is 30.8 Å². The molecule has 1 fully saturated rings. The van der Waals surface area contributed by atoms with Gasteiger partial charge in [-0.15, -0.1) is 12.4 Å². The quantitative estimate of drug-likeness (QED) is 0.654. The topological polar surface area (TPSA) is 73.6 Å². The zero-order valence-corrected chi connectivity index (χ0v) is 15.9. The van der Waals surface area contributed by atoms with Crippen LogP contribution in [0.3, 0.4) is 0 Å². The van der Waals surface area contributed by atoms with Crippen LogP contribution >= 0.6 is 12.4 Å². The van der Waals surface area contributed by atoms with Crippen LogP contribution in [0.4, 0.5) is 0 Å². The Labute approximate surface area is 157 Å². The molecule has 0 aliphatic heterocycles. The van der Waals surface area contributed by atoms with Crippen LogP contribution in [-0.4, -0.2) is 32.7 Å². The summed E-state index contributed by atoms with van der Waals surface area (Å²) in [6.45, 7) is 1.80. The second-order valence-electron chi connectivity index (χ2n) is 6.67. The molecular formula is C19H31ClN2O3. The van der Waals surface area contributed by atoms with E-state index in [1.54, 1.807) is 7.11 Å². The summed E-state index contributed by atoms with van der Waals surface area (Å²) >= 11 is 0. The number of carbonyl (C=O) groups excluding carboxylic acids is 1. The van der Waals surface area contributed by atoms with Crippen LogP contribution in [-0.2, 0) is 4.79 Å². The third-order valence-electron chi connectivity index (χ3n) is 4.84. The van der Waals surface area contributed by atoms with Gasteiger partial charge < -0.3 is 20.5 Å². The summed E-state index contributed by atoms with van der Waals surface area (Å²) in [6.07, 6.45) is 7.15. The summed E-state index contributed by atoms with van der Waals surface area (Å²) < 4.78 is 10.8. The third-order valence-corrected chi connectivity index (χ3v) is 4.84. The Morgan fingerprint density at radius 2 is 1.96 bits per heavy atom. The predicted molar refractivity (Wildman–Crippen MR) is 103 cm³/mol. The standard InChI is InChI=1S/C19H30N2O3.ClH/c1-23-16-7-5-8-17(13-16)24-12-6-11-21-18(22)14-19(15-20)9-3-2-4-10-19;/h5,7-8,13H,2-4,6,9-12,14-15,20H2,1H3,(H,21,22);1H. The average molecular weight is 371 g/mol. The normalized spacial score (nSPS) is 15.8. The maximum absolute atomic E-state index is 12.2. The van der Waals surface area contributed by atoms with Crippen molar-refractivity contribution in [1.29, 1.82) is 0 Å². The van der Waals surface area contributed by atoms with Gasteiger partial charge in [0.2, 0.25) is 5.91 Å². The molecule has 0 spiro atoms. The van der Waals surface area contributed by atoms with Crippen molar-refractivity contribution in [2.75, 3.05) is 26.8 Å². The summed E-state index contributed by atoms with van der Waals surface area (Å²) in [6, 6.07) is 7.53. The van der Waals surface area contributed by atoms with Crippen molar-refractivity contribution in [2.45, 2.75) is 44.9 Å². The number of rotatable bonds is 9. The Kier molecular flexibility index (Phi) is 9.68. The van der Waals surface area contributed by atoms with Crippen LogP contribution < -0.4 is 20.5 Å². The molecule has 0 aromatic heterocycles. The Balaban J connectivity index is 0.00000312. The molecule has 142 valence electrons. The summed E-state index contributed by atoms with van der Waals surface area (Å²) in [5.74, 6) is 1.68. The van der Waals surface area contributed by atoms with Gasteiger partial charge in [-0.05, 0) is 43.4 Å². The zero-order chi connectivity index (χ0) is 17.3. The van der Waals surface area contributed by atoms with E-state index < -0.39 is 0 Å². The minimum Gasteiger partial charge on any atom is -0.497 e. The lowest BCUT2D eigenvalue weighted by Gasteiger charge is -2.35. The van der Waals surface area contributed by atoms with E-state index in [-0.39, 0.29) is 23.7 Å². The second kappa shape index (κ2) is 11.2. The van der Waals surface area contributed by atoms with Crippen LogP contribution in [0, 0.1) is 5.41 Å². The first kappa shape index (κ1) is 21.6. The lowest BCUT2D eigenvalue weighted by Crippen LogP contribution is -2.39. The number of ether oxygens (including phenoxy) is 2. The minimum atomic E-state index is 0. The van der Waals surface area contributed by atoms with Crippen LogP contribution in [0.5, 0.6) is 11.5 Å². The molecule has 25 heavy (non-hydrogen) atoms. The average Bonchev–Trinajstić information content (AvgIpc) is 2.62. The summed E-state index contributed by atoms with van der Waals surface area (Å²) in [5.41, 5.74) is 5.97. The minimum absolute atomic E-state index is 0. The highest BCUT2D eigenvalue weighted by Crippen LogP contribution is 2.38. The van der Waals surface area contributed by atoms with E-state index in [2.05, 4.69) is 5.32 Å². The first-order chi connectivity index (χ1) is 11.7. The fourth-order valence-electron chi connectivity index (χ4n) is 3.34. The number of hydrogen-bond donors (Lipinski definition) is 2. The Morgan fingerprint density at radius 3 is 2.64 bits per heavy atom. The van der Waals surface area contributed by atoms with Crippen LogP contribution in [0.25, 0.3) is 0 Å². The van der Waals surface area contributed by atoms with Crippen molar-refractivity contribution in [1.82, 2.24) is 5.32 Å². The summed E-state index contributed by atoms with van der Waals surface area (Å²) in [7, 11) is 1.63. The number of methoxy groups -OCH3 is 1. The number of hydrogen-bond acceptors (Lipinski definition) is 4. The van der Waals surface area contributed by atoms with E-state index in [4.69, 9.17) is 15.2 Å². The van der Waals surface area contributed by atoms with Crippen molar-refractivity contribution in [2.24, 2.45) is 11.1 Å². The summed E-state index contributed by atoms with van der Waals surface area (Å²) in [4.78, 5) is 12.2. The van der Waals surface area contributed by atoms with Crippen LogP contribution in [0.1, 0.15) is 44.9 Å². The van der Waals surface area contributed by atoms with Crippen molar-refractivity contribution in [3.8, 4) is 11.5 Å². The molecule has 0 unspecified atom stereocenters. The van der Waals surface area contributed by atoms with E-state index in [1.807, 2.05) is 24.3 Å². The van der Waals surface area contributed by atoms with Gasteiger partial charge in [-0.3, -0.25) is 4.79 Å². The number of nitrogens with two attached hydrogens (primary N) is 1. The van der Waals surface area contributed by atoms with Crippen molar-refractivity contribution in [3.05, 3.63) is 24.3 Å². The number of benzene rings is 1. The first-order valence-electron chi connectivity index (χ1n) is 8.91. The van der Waals surface area contributed by atoms with Gasteiger partial charge in [0, 0.05) is 19.0 Å². The molecule has 0 atom stereocenters. The lowest BCUT2D eigenvalue weighted by atomic mass is 9.71. The number of halogens is 1. The van der Waals surface area contributed by atoms with Crippen LogP contribution in [0.2, 0.25) is 0 Å². The maximum atomic E-state index is 12.2. The molecule has 1 aliphatic rings. The van der Waals surface area contributed by atoms with E-state index in [1.165, 1.54) is 19.3 Å². The van der Waals surface area contributed by atoms with Gasteiger partial charge in [-0.2, -0.15) is 0 Å². The number of amides is 1. The Morgan fingerprint density at radius 1 is 1.24 bits per heavy atom. The molecule has 5 nitrogen and oxygen atoms in total. The SMILES string of the molecule is COc1cccc(OCCCNC(=O)CC2(CN)CCCCC2)c1.Cl. The molecule has 0 heterocycles. The first-order valence-corrected chi connectivity index (χ1v) is 8.91. The monoisotopic (exact) mass is 370 g/mol. The molecule has 1 saturated carbocycles. The largest absolute Gasteiger partial charge is 0.497 e. The number of nitrogens with one attached hydrogen (secondary N) is 1. The maximum Gasteiger partial charge on any atom is 0.220 e. The Bertz CT molecular complexity index is 519. The third kappa shape index (κ3) is 7.12. The number of carbonyl (C=O) groups is 1.